The van der Waals surface area contributed by atoms with E-state index < -0.39 is 4.92 Å². The molecule has 7 nitrogen and oxygen atoms in total. The third kappa shape index (κ3) is 4.46. The first kappa shape index (κ1) is 16.3. The molecule has 3 N–H and O–H groups in total. The van der Waals surface area contributed by atoms with Crippen molar-refractivity contribution in [1.82, 2.24) is 0 Å². The van der Waals surface area contributed by atoms with Crippen LogP contribution in [0.2, 0.25) is 0 Å². The highest BCUT2D eigenvalue weighted by Gasteiger charge is 2.10. The van der Waals surface area contributed by atoms with Crippen molar-refractivity contribution in [2.75, 3.05) is 10.6 Å². The number of halogens is 1. The molecule has 2 aromatic carbocycles. The van der Waals surface area contributed by atoms with Crippen molar-refractivity contribution >= 4 is 27.3 Å². The molecule has 8 heteroatoms. The number of rotatable bonds is 5. The van der Waals surface area contributed by atoms with Crippen molar-refractivity contribution in [3.63, 3.8) is 0 Å². The van der Waals surface area contributed by atoms with Crippen molar-refractivity contribution in [1.29, 1.82) is 5.26 Å². The van der Waals surface area contributed by atoms with E-state index >= 15 is 0 Å². The predicted octanol–water partition coefficient (Wildman–Crippen LogP) is 3.63. The van der Waals surface area contributed by atoms with Gasteiger partial charge in [0.1, 0.15) is 5.75 Å². The average Bonchev–Trinajstić information content (AvgIpc) is 2.51. The minimum absolute atomic E-state index is 0.0573. The molecule has 0 atom stereocenters. The van der Waals surface area contributed by atoms with E-state index in [4.69, 9.17) is 5.26 Å². The fourth-order valence-corrected chi connectivity index (χ4v) is 2.14. The normalized spacial score (nSPS) is 10.7. The lowest BCUT2D eigenvalue weighted by atomic mass is 10.2. The number of nitriles is 1. The Kier molecular flexibility index (Phi) is 5.17. The van der Waals surface area contributed by atoms with Crippen molar-refractivity contribution in [3.05, 3.63) is 74.6 Å². The molecule has 0 aliphatic rings. The van der Waals surface area contributed by atoms with E-state index in [0.29, 0.717) is 5.69 Å². The zero-order valence-corrected chi connectivity index (χ0v) is 13.2. The summed E-state index contributed by atoms with van der Waals surface area (Å²) in [6.07, 6.45) is 0.747. The zero-order valence-electron chi connectivity index (χ0n) is 11.7. The number of hydrogen-bond acceptors (Lipinski definition) is 6. The van der Waals surface area contributed by atoms with Crippen LogP contribution in [0, 0.1) is 21.4 Å². The summed E-state index contributed by atoms with van der Waals surface area (Å²) in [5.41, 5.74) is 1.13. The number of phenols is 1. The number of benzene rings is 2. The van der Waals surface area contributed by atoms with Crippen molar-refractivity contribution in [2.24, 2.45) is 0 Å². The molecule has 2 aromatic rings. The third-order valence-electron chi connectivity index (χ3n) is 2.77. The Morgan fingerprint density at radius 2 is 1.96 bits per heavy atom. The topological polar surface area (TPSA) is 111 Å². The Bertz CT molecular complexity index is 815. The number of nitrogens with one attached hydrogen (secondary N) is 2. The molecule has 0 aromatic heterocycles. The molecule has 0 bridgehead atoms. The van der Waals surface area contributed by atoms with E-state index in [1.165, 1.54) is 18.2 Å². The fourth-order valence-electron chi connectivity index (χ4n) is 1.76. The van der Waals surface area contributed by atoms with E-state index in [1.54, 1.807) is 18.2 Å². The molecule has 0 heterocycles. The third-order valence-corrected chi connectivity index (χ3v) is 3.47. The predicted molar refractivity (Wildman–Crippen MR) is 89.3 cm³/mol. The molecule has 0 saturated carbocycles. The molecule has 0 spiro atoms. The summed E-state index contributed by atoms with van der Waals surface area (Å²) in [6, 6.07) is 13.2. The lowest BCUT2D eigenvalue weighted by Crippen LogP contribution is -2.12. The lowest BCUT2D eigenvalue weighted by Gasteiger charge is -2.13. The van der Waals surface area contributed by atoms with Gasteiger partial charge in [0.05, 0.1) is 27.9 Å². The van der Waals surface area contributed by atoms with Gasteiger partial charge in [-0.25, -0.2) is 0 Å². The number of nitro groups is 1. The average molecular weight is 375 g/mol. The van der Waals surface area contributed by atoms with Crippen LogP contribution in [0.5, 0.6) is 5.75 Å². The summed E-state index contributed by atoms with van der Waals surface area (Å²) in [7, 11) is 0. The molecular weight excluding hydrogens is 364 g/mol. The number of para-hydroxylation sites is 1. The Balaban J connectivity index is 2.29. The molecule has 0 aliphatic carbocycles. The Labute approximate surface area is 140 Å². The molecule has 116 valence electrons. The summed E-state index contributed by atoms with van der Waals surface area (Å²) in [5.74, 6) is -0.130. The van der Waals surface area contributed by atoms with Crippen LogP contribution in [0.1, 0.15) is 5.56 Å². The highest BCUT2D eigenvalue weighted by Crippen LogP contribution is 2.27. The quantitative estimate of drug-likeness (QED) is 0.418. The Hall–Kier alpha value is -3.05. The van der Waals surface area contributed by atoms with E-state index in [1.807, 2.05) is 12.1 Å². The number of hydrogen-bond donors (Lipinski definition) is 3. The van der Waals surface area contributed by atoms with Gasteiger partial charge in [0.2, 0.25) is 0 Å². The van der Waals surface area contributed by atoms with Crippen LogP contribution in [0.15, 0.2) is 59.0 Å². The Morgan fingerprint density at radius 1 is 1.26 bits per heavy atom. The standard InChI is InChI=1S/C15H11BrN4O3/c16-11-3-1-2-4-12(11)18-15(9-20(22)23)19-13-6-5-10(8-17)7-14(13)21/h1-7,9,18-19,21H/b15-9-. The molecule has 0 aliphatic heterocycles. The summed E-state index contributed by atoms with van der Waals surface area (Å²) >= 11 is 3.34. The van der Waals surface area contributed by atoms with E-state index in [2.05, 4.69) is 26.6 Å². The van der Waals surface area contributed by atoms with Crippen molar-refractivity contribution < 1.29 is 10.0 Å². The second kappa shape index (κ2) is 7.29. The fraction of sp³-hybridized carbons (Fsp3) is 0. The maximum atomic E-state index is 10.8. The van der Waals surface area contributed by atoms with Crippen molar-refractivity contribution in [3.8, 4) is 11.8 Å². The van der Waals surface area contributed by atoms with Gasteiger partial charge in [-0.3, -0.25) is 10.1 Å². The molecule has 0 fully saturated rings. The van der Waals surface area contributed by atoms with Gasteiger partial charge in [0.15, 0.2) is 5.82 Å². The summed E-state index contributed by atoms with van der Waals surface area (Å²) in [6.45, 7) is 0. The number of phenolic OH excluding ortho intramolecular Hbond substituents is 1. The second-order valence-corrected chi connectivity index (χ2v) is 5.26. The minimum atomic E-state index is -0.618. The highest BCUT2D eigenvalue weighted by atomic mass is 79.9. The smallest absolute Gasteiger partial charge is 0.274 e. The number of aromatic hydroxyl groups is 1. The molecule has 0 radical (unpaired) electrons. The number of anilines is 2. The molecular formula is C15H11BrN4O3. The zero-order chi connectivity index (χ0) is 16.8. The Morgan fingerprint density at radius 3 is 2.57 bits per heavy atom. The van der Waals surface area contributed by atoms with Gasteiger partial charge < -0.3 is 15.7 Å². The first-order valence-electron chi connectivity index (χ1n) is 6.36. The largest absolute Gasteiger partial charge is 0.506 e. The van der Waals surface area contributed by atoms with Gasteiger partial charge in [-0.1, -0.05) is 12.1 Å². The molecule has 2 rings (SSSR count). The summed E-state index contributed by atoms with van der Waals surface area (Å²) in [5, 5.41) is 35.1. The highest BCUT2D eigenvalue weighted by molar-refractivity contribution is 9.10. The van der Waals surface area contributed by atoms with Gasteiger partial charge in [-0.2, -0.15) is 5.26 Å². The molecule has 0 unspecified atom stereocenters. The van der Waals surface area contributed by atoms with Gasteiger partial charge in [-0.15, -0.1) is 0 Å². The SMILES string of the molecule is N#Cc1ccc(N/C(=C\[N+](=O)[O-])Nc2ccccc2Br)c(O)c1. The van der Waals surface area contributed by atoms with Gasteiger partial charge in [0.25, 0.3) is 6.20 Å². The van der Waals surface area contributed by atoms with Gasteiger partial charge >= 0.3 is 0 Å². The summed E-state index contributed by atoms with van der Waals surface area (Å²) in [4.78, 5) is 10.2. The van der Waals surface area contributed by atoms with Crippen LogP contribution in [-0.2, 0) is 0 Å². The van der Waals surface area contributed by atoms with Gasteiger partial charge in [-0.05, 0) is 46.3 Å². The second-order valence-electron chi connectivity index (χ2n) is 4.40. The maximum absolute atomic E-state index is 10.8. The van der Waals surface area contributed by atoms with Crippen molar-refractivity contribution in [2.45, 2.75) is 0 Å². The van der Waals surface area contributed by atoms with Crippen LogP contribution in [0.3, 0.4) is 0 Å². The van der Waals surface area contributed by atoms with Crippen LogP contribution < -0.4 is 10.6 Å². The van der Waals surface area contributed by atoms with E-state index in [0.717, 1.165) is 10.7 Å². The minimum Gasteiger partial charge on any atom is -0.506 e. The van der Waals surface area contributed by atoms with Crippen LogP contribution in [0.4, 0.5) is 11.4 Å². The number of nitrogens with zero attached hydrogens (tertiary/aromatic N) is 2. The van der Waals surface area contributed by atoms with Crippen LogP contribution in [-0.4, -0.2) is 10.0 Å². The first-order chi connectivity index (χ1) is 11.0. The molecule has 0 amide bonds. The lowest BCUT2D eigenvalue weighted by molar-refractivity contribution is -0.403. The van der Waals surface area contributed by atoms with Gasteiger partial charge in [0, 0.05) is 4.47 Å². The summed E-state index contributed by atoms with van der Waals surface area (Å²) < 4.78 is 0.722. The monoisotopic (exact) mass is 374 g/mol. The molecule has 23 heavy (non-hydrogen) atoms. The van der Waals surface area contributed by atoms with E-state index in [9.17, 15) is 15.2 Å². The maximum Gasteiger partial charge on any atom is 0.274 e. The first-order valence-corrected chi connectivity index (χ1v) is 7.16. The van der Waals surface area contributed by atoms with Crippen LogP contribution in [0.25, 0.3) is 0 Å². The van der Waals surface area contributed by atoms with Crippen LogP contribution >= 0.6 is 15.9 Å². The van der Waals surface area contributed by atoms with E-state index in [-0.39, 0.29) is 22.8 Å². The molecule has 0 saturated heterocycles.